The number of benzene rings is 1. The van der Waals surface area contributed by atoms with Gasteiger partial charge in [-0.05, 0) is 11.4 Å². The van der Waals surface area contributed by atoms with Gasteiger partial charge in [-0.3, -0.25) is 9.59 Å². The van der Waals surface area contributed by atoms with Crippen LogP contribution in [0.2, 0.25) is 0 Å². The summed E-state index contributed by atoms with van der Waals surface area (Å²) in [6, 6.07) is 10.9. The average Bonchev–Trinajstić information content (AvgIpc) is 2.85. The highest BCUT2D eigenvalue weighted by Gasteiger charge is 2.15. The normalized spacial score (nSPS) is 10.1. The van der Waals surface area contributed by atoms with Crippen LogP contribution >= 0.6 is 11.3 Å². The third kappa shape index (κ3) is 2.84. The second-order valence-electron chi connectivity index (χ2n) is 3.75. The molecule has 4 heteroatoms. The number of carbonyl (C=O) groups is 2. The molecule has 0 fully saturated rings. The Hall–Kier alpha value is -1.94. The van der Waals surface area contributed by atoms with E-state index in [1.165, 1.54) is 18.3 Å². The molecule has 0 aliphatic carbocycles. The molecule has 0 unspecified atom stereocenters. The number of hydrogen-bond acceptors (Lipinski definition) is 4. The number of hydrogen-bond donors (Lipinski definition) is 0. The van der Waals surface area contributed by atoms with E-state index in [1.54, 1.807) is 12.1 Å². The topological polar surface area (TPSA) is 43.4 Å². The first-order valence-electron chi connectivity index (χ1n) is 5.48. The van der Waals surface area contributed by atoms with Gasteiger partial charge in [0.1, 0.15) is 6.61 Å². The number of thiophene rings is 1. The van der Waals surface area contributed by atoms with Crippen LogP contribution in [0, 0.1) is 0 Å². The summed E-state index contributed by atoms with van der Waals surface area (Å²) in [5.41, 5.74) is 1.40. The molecule has 0 aliphatic heterocycles. The summed E-state index contributed by atoms with van der Waals surface area (Å²) in [5.74, 6) is -0.382. The largest absolute Gasteiger partial charge is 0.461 e. The van der Waals surface area contributed by atoms with Crippen LogP contribution in [0.1, 0.15) is 27.7 Å². The fourth-order valence-electron chi connectivity index (χ4n) is 1.55. The van der Waals surface area contributed by atoms with Crippen LogP contribution in [-0.2, 0) is 16.1 Å². The Morgan fingerprint density at radius 2 is 1.89 bits per heavy atom. The van der Waals surface area contributed by atoms with Gasteiger partial charge in [0.2, 0.25) is 5.78 Å². The van der Waals surface area contributed by atoms with Crippen LogP contribution in [0.4, 0.5) is 0 Å². The lowest BCUT2D eigenvalue weighted by Gasteiger charge is -2.03. The molecule has 1 aromatic heterocycles. The number of carbonyl (C=O) groups excluding carboxylic acids is 2. The number of esters is 1. The number of ketones is 1. The molecular formula is C14H12O3S. The van der Waals surface area contributed by atoms with E-state index in [0.29, 0.717) is 10.4 Å². The van der Waals surface area contributed by atoms with Crippen molar-refractivity contribution in [3.05, 3.63) is 57.8 Å². The lowest BCUT2D eigenvalue weighted by molar-refractivity contribution is -0.142. The Balaban J connectivity index is 2.21. The second-order valence-corrected chi connectivity index (χ2v) is 4.67. The summed E-state index contributed by atoms with van der Waals surface area (Å²) in [4.78, 5) is 23.7. The monoisotopic (exact) mass is 260 g/mol. The average molecular weight is 260 g/mol. The van der Waals surface area contributed by atoms with Crippen molar-refractivity contribution in [1.29, 1.82) is 0 Å². The van der Waals surface area contributed by atoms with Crippen LogP contribution in [0.15, 0.2) is 41.8 Å². The quantitative estimate of drug-likeness (QED) is 0.627. The maximum atomic E-state index is 12.2. The molecule has 3 nitrogen and oxygen atoms in total. The molecule has 0 bridgehead atoms. The van der Waals surface area contributed by atoms with E-state index in [0.717, 1.165) is 5.56 Å². The lowest BCUT2D eigenvalue weighted by Crippen LogP contribution is -2.05. The summed E-state index contributed by atoms with van der Waals surface area (Å²) in [7, 11) is 0. The Morgan fingerprint density at radius 1 is 1.17 bits per heavy atom. The molecule has 1 aromatic carbocycles. The van der Waals surface area contributed by atoms with E-state index >= 15 is 0 Å². The van der Waals surface area contributed by atoms with Gasteiger partial charge in [0.15, 0.2) is 0 Å². The molecule has 2 aromatic rings. The first kappa shape index (κ1) is 12.5. The van der Waals surface area contributed by atoms with Crippen molar-refractivity contribution in [2.75, 3.05) is 0 Å². The smallest absolute Gasteiger partial charge is 0.302 e. The molecule has 0 amide bonds. The van der Waals surface area contributed by atoms with Gasteiger partial charge in [0, 0.05) is 18.1 Å². The third-order valence-electron chi connectivity index (χ3n) is 2.42. The zero-order chi connectivity index (χ0) is 13.0. The highest BCUT2D eigenvalue weighted by molar-refractivity contribution is 7.12. The van der Waals surface area contributed by atoms with Gasteiger partial charge in [-0.25, -0.2) is 0 Å². The summed E-state index contributed by atoms with van der Waals surface area (Å²) in [5, 5.41) is 1.83. The highest BCUT2D eigenvalue weighted by Crippen LogP contribution is 2.21. The van der Waals surface area contributed by atoms with Gasteiger partial charge in [-0.1, -0.05) is 30.3 Å². The van der Waals surface area contributed by atoms with E-state index < -0.39 is 0 Å². The van der Waals surface area contributed by atoms with Crippen LogP contribution in [0.5, 0.6) is 0 Å². The molecule has 0 saturated carbocycles. The number of ether oxygens (including phenoxy) is 1. The molecular weight excluding hydrogens is 248 g/mol. The van der Waals surface area contributed by atoms with Crippen LogP contribution in [-0.4, -0.2) is 11.8 Å². The Morgan fingerprint density at radius 3 is 2.56 bits per heavy atom. The summed E-state index contributed by atoms with van der Waals surface area (Å²) >= 11 is 1.36. The molecule has 0 spiro atoms. The zero-order valence-corrected chi connectivity index (χ0v) is 10.7. The van der Waals surface area contributed by atoms with E-state index in [2.05, 4.69) is 0 Å². The van der Waals surface area contributed by atoms with Gasteiger partial charge in [-0.2, -0.15) is 0 Å². The minimum absolute atomic E-state index is 0.0345. The van der Waals surface area contributed by atoms with Gasteiger partial charge >= 0.3 is 5.97 Å². The van der Waals surface area contributed by atoms with Crippen LogP contribution in [0.25, 0.3) is 0 Å². The predicted octanol–water partition coefficient (Wildman–Crippen LogP) is 3.04. The molecule has 0 atom stereocenters. The number of rotatable bonds is 4. The van der Waals surface area contributed by atoms with Crippen molar-refractivity contribution in [3.63, 3.8) is 0 Å². The first-order chi connectivity index (χ1) is 8.68. The van der Waals surface area contributed by atoms with Crippen molar-refractivity contribution < 1.29 is 14.3 Å². The van der Waals surface area contributed by atoms with Gasteiger partial charge < -0.3 is 4.74 Å². The standard InChI is InChI=1S/C14H12O3S/c1-10(15)17-9-12-7-8-18-14(12)13(16)11-5-3-2-4-6-11/h2-8H,9H2,1H3. The van der Waals surface area contributed by atoms with E-state index in [4.69, 9.17) is 4.74 Å². The van der Waals surface area contributed by atoms with Crippen molar-refractivity contribution in [1.82, 2.24) is 0 Å². The van der Waals surface area contributed by atoms with Crippen molar-refractivity contribution in [2.24, 2.45) is 0 Å². The van der Waals surface area contributed by atoms with Crippen molar-refractivity contribution >= 4 is 23.1 Å². The summed E-state index contributed by atoms with van der Waals surface area (Å²) in [6.07, 6.45) is 0. The third-order valence-corrected chi connectivity index (χ3v) is 3.38. The highest BCUT2D eigenvalue weighted by atomic mass is 32.1. The maximum absolute atomic E-state index is 12.2. The Bertz CT molecular complexity index is 557. The minimum atomic E-state index is -0.348. The Kier molecular flexibility index (Phi) is 3.89. The first-order valence-corrected chi connectivity index (χ1v) is 6.36. The van der Waals surface area contributed by atoms with Gasteiger partial charge in [-0.15, -0.1) is 11.3 Å². The maximum Gasteiger partial charge on any atom is 0.302 e. The van der Waals surface area contributed by atoms with Crippen LogP contribution < -0.4 is 0 Å². The van der Waals surface area contributed by atoms with Gasteiger partial charge in [0.25, 0.3) is 0 Å². The summed E-state index contributed by atoms with van der Waals surface area (Å²) < 4.78 is 4.93. The molecule has 0 radical (unpaired) electrons. The molecule has 0 aliphatic rings. The molecule has 1 heterocycles. The summed E-state index contributed by atoms with van der Waals surface area (Å²) in [6.45, 7) is 1.50. The van der Waals surface area contributed by atoms with E-state index in [1.807, 2.05) is 29.6 Å². The predicted molar refractivity (Wildman–Crippen MR) is 69.7 cm³/mol. The Labute approximate surface area is 109 Å². The van der Waals surface area contributed by atoms with Crippen molar-refractivity contribution in [2.45, 2.75) is 13.5 Å². The second kappa shape index (κ2) is 5.60. The molecule has 92 valence electrons. The molecule has 18 heavy (non-hydrogen) atoms. The molecule has 0 N–H and O–H groups in total. The van der Waals surface area contributed by atoms with E-state index in [-0.39, 0.29) is 18.4 Å². The van der Waals surface area contributed by atoms with E-state index in [9.17, 15) is 9.59 Å². The van der Waals surface area contributed by atoms with Crippen molar-refractivity contribution in [3.8, 4) is 0 Å². The van der Waals surface area contributed by atoms with Crippen LogP contribution in [0.3, 0.4) is 0 Å². The molecule has 2 rings (SSSR count). The SMILES string of the molecule is CC(=O)OCc1ccsc1C(=O)c1ccccc1. The fourth-order valence-corrected chi connectivity index (χ4v) is 2.42. The fraction of sp³-hybridized carbons (Fsp3) is 0.143. The lowest BCUT2D eigenvalue weighted by atomic mass is 10.1. The molecule has 0 saturated heterocycles. The van der Waals surface area contributed by atoms with Gasteiger partial charge in [0.05, 0.1) is 4.88 Å². The minimum Gasteiger partial charge on any atom is -0.461 e. The zero-order valence-electron chi connectivity index (χ0n) is 9.88.